The molecular weight excluding hydrogens is 268 g/mol. The molecule has 21 heavy (non-hydrogen) atoms. The molecule has 5 nitrogen and oxygen atoms in total. The van der Waals surface area contributed by atoms with Gasteiger partial charge in [-0.1, -0.05) is 12.1 Å². The monoisotopic (exact) mass is 284 g/mol. The number of nitrogens with zero attached hydrogens (tertiary/aromatic N) is 1. The molecule has 5 heteroatoms. The third kappa shape index (κ3) is 2.90. The SMILES string of the molecule is CNC(=O)/C(C#N)=C\C1=Cc2cccc(OC)c2OC1C. The van der Waals surface area contributed by atoms with Crippen LogP contribution in [0.2, 0.25) is 0 Å². The second-order valence-electron chi connectivity index (χ2n) is 4.53. The van der Waals surface area contributed by atoms with Gasteiger partial charge in [0.25, 0.3) is 5.91 Å². The summed E-state index contributed by atoms with van der Waals surface area (Å²) in [5, 5.41) is 11.5. The number of nitrogens with one attached hydrogen (secondary N) is 1. The highest BCUT2D eigenvalue weighted by Gasteiger charge is 2.21. The molecule has 1 atom stereocenters. The topological polar surface area (TPSA) is 71.4 Å². The Morgan fingerprint density at radius 3 is 2.90 bits per heavy atom. The summed E-state index contributed by atoms with van der Waals surface area (Å²) in [6.07, 6.45) is 3.17. The van der Waals surface area contributed by atoms with Crippen LogP contribution in [0.4, 0.5) is 0 Å². The Bertz CT molecular complexity index is 669. The van der Waals surface area contributed by atoms with Gasteiger partial charge in [0.1, 0.15) is 17.7 Å². The minimum absolute atomic E-state index is 0.0468. The molecule has 0 fully saturated rings. The molecule has 1 heterocycles. The maximum Gasteiger partial charge on any atom is 0.261 e. The summed E-state index contributed by atoms with van der Waals surface area (Å²) >= 11 is 0. The smallest absolute Gasteiger partial charge is 0.261 e. The highest BCUT2D eigenvalue weighted by atomic mass is 16.5. The Balaban J connectivity index is 2.46. The fourth-order valence-corrected chi connectivity index (χ4v) is 2.08. The Labute approximate surface area is 123 Å². The van der Waals surface area contributed by atoms with E-state index in [1.807, 2.05) is 37.3 Å². The number of likely N-dealkylation sites (N-methyl/N-ethyl adjacent to an activating group) is 1. The first-order valence-corrected chi connectivity index (χ1v) is 6.49. The van der Waals surface area contributed by atoms with E-state index in [1.165, 1.54) is 7.05 Å². The molecule has 1 aliphatic rings. The molecule has 1 aromatic rings. The minimum atomic E-state index is -0.415. The van der Waals surface area contributed by atoms with E-state index >= 15 is 0 Å². The van der Waals surface area contributed by atoms with Gasteiger partial charge in [-0.05, 0) is 30.7 Å². The van der Waals surface area contributed by atoms with Gasteiger partial charge in [-0.2, -0.15) is 5.26 Å². The highest BCUT2D eigenvalue weighted by molar-refractivity contribution is 5.97. The quantitative estimate of drug-likeness (QED) is 0.681. The normalized spacial score (nSPS) is 17.0. The number of rotatable bonds is 3. The van der Waals surface area contributed by atoms with Crippen LogP contribution in [0.5, 0.6) is 11.5 Å². The fourth-order valence-electron chi connectivity index (χ4n) is 2.08. The number of ether oxygens (including phenoxy) is 2. The number of nitriles is 1. The minimum Gasteiger partial charge on any atom is -0.493 e. The number of hydrogen-bond donors (Lipinski definition) is 1. The lowest BCUT2D eigenvalue weighted by molar-refractivity contribution is -0.116. The zero-order valence-electron chi connectivity index (χ0n) is 12.1. The predicted molar refractivity (Wildman–Crippen MR) is 78.8 cm³/mol. The average molecular weight is 284 g/mol. The van der Waals surface area contributed by atoms with Gasteiger partial charge in [-0.3, -0.25) is 4.79 Å². The predicted octanol–water partition coefficient (Wildman–Crippen LogP) is 2.06. The lowest BCUT2D eigenvalue weighted by Crippen LogP contribution is -2.22. The summed E-state index contributed by atoms with van der Waals surface area (Å²) in [6, 6.07) is 7.47. The molecule has 0 bridgehead atoms. The summed E-state index contributed by atoms with van der Waals surface area (Å²) in [4.78, 5) is 11.6. The van der Waals surface area contributed by atoms with Crippen molar-refractivity contribution in [2.75, 3.05) is 14.2 Å². The Morgan fingerprint density at radius 1 is 1.52 bits per heavy atom. The molecule has 1 aliphatic heterocycles. The van der Waals surface area contributed by atoms with Gasteiger partial charge in [0.2, 0.25) is 0 Å². The van der Waals surface area contributed by atoms with E-state index in [2.05, 4.69) is 5.32 Å². The Kier molecular flexibility index (Phi) is 4.29. The summed E-state index contributed by atoms with van der Waals surface area (Å²) < 4.78 is 11.1. The van der Waals surface area contributed by atoms with Crippen molar-refractivity contribution in [1.82, 2.24) is 5.32 Å². The van der Waals surface area contributed by atoms with Gasteiger partial charge < -0.3 is 14.8 Å². The van der Waals surface area contributed by atoms with Crippen molar-refractivity contribution in [3.05, 3.63) is 41.0 Å². The Hall–Kier alpha value is -2.74. The van der Waals surface area contributed by atoms with Crippen molar-refractivity contribution in [3.63, 3.8) is 0 Å². The van der Waals surface area contributed by atoms with Crippen LogP contribution < -0.4 is 14.8 Å². The number of para-hydroxylation sites is 1. The van der Waals surface area contributed by atoms with E-state index in [4.69, 9.17) is 14.7 Å². The van der Waals surface area contributed by atoms with Crippen LogP contribution >= 0.6 is 0 Å². The van der Waals surface area contributed by atoms with E-state index in [1.54, 1.807) is 13.2 Å². The zero-order chi connectivity index (χ0) is 15.4. The first-order chi connectivity index (χ1) is 10.1. The average Bonchev–Trinajstić information content (AvgIpc) is 2.51. The van der Waals surface area contributed by atoms with Gasteiger partial charge in [-0.25, -0.2) is 0 Å². The number of carbonyl (C=O) groups excluding carboxylic acids is 1. The van der Waals surface area contributed by atoms with E-state index in [-0.39, 0.29) is 11.7 Å². The molecule has 1 amide bonds. The molecule has 0 saturated carbocycles. The zero-order valence-corrected chi connectivity index (χ0v) is 12.1. The first-order valence-electron chi connectivity index (χ1n) is 6.49. The molecule has 0 aromatic heterocycles. The molecule has 2 rings (SSSR count). The van der Waals surface area contributed by atoms with Crippen LogP contribution in [0.15, 0.2) is 35.4 Å². The lowest BCUT2D eigenvalue weighted by Gasteiger charge is -2.24. The van der Waals surface area contributed by atoms with Crippen molar-refractivity contribution < 1.29 is 14.3 Å². The van der Waals surface area contributed by atoms with Crippen molar-refractivity contribution in [2.24, 2.45) is 0 Å². The van der Waals surface area contributed by atoms with Crippen molar-refractivity contribution in [3.8, 4) is 17.6 Å². The third-order valence-electron chi connectivity index (χ3n) is 3.22. The number of hydrogen-bond acceptors (Lipinski definition) is 4. The summed E-state index contributed by atoms with van der Waals surface area (Å²) in [5.74, 6) is 0.913. The van der Waals surface area contributed by atoms with E-state index < -0.39 is 5.91 Å². The second-order valence-corrected chi connectivity index (χ2v) is 4.53. The third-order valence-corrected chi connectivity index (χ3v) is 3.22. The number of carbonyl (C=O) groups is 1. The van der Waals surface area contributed by atoms with E-state index in [0.717, 1.165) is 11.1 Å². The number of methoxy groups -OCH3 is 1. The number of amides is 1. The lowest BCUT2D eigenvalue weighted by atomic mass is 10.00. The van der Waals surface area contributed by atoms with E-state index in [9.17, 15) is 4.79 Å². The molecule has 1 unspecified atom stereocenters. The summed E-state index contributed by atoms with van der Waals surface area (Å²) in [6.45, 7) is 1.86. The molecule has 1 N–H and O–H groups in total. The largest absolute Gasteiger partial charge is 0.493 e. The standard InChI is InChI=1S/C16H16N2O3/c1-10-12(8-13(9-17)16(19)18-2)7-11-5-4-6-14(20-3)15(11)21-10/h4-8,10H,1-3H3,(H,18,19)/b13-8-. The summed E-state index contributed by atoms with van der Waals surface area (Å²) in [5.41, 5.74) is 1.66. The fraction of sp³-hybridized carbons (Fsp3) is 0.250. The van der Waals surface area contributed by atoms with Crippen LogP contribution in [0.3, 0.4) is 0 Å². The summed E-state index contributed by atoms with van der Waals surface area (Å²) in [7, 11) is 3.07. The molecule has 0 spiro atoms. The molecule has 0 radical (unpaired) electrons. The maximum absolute atomic E-state index is 11.6. The highest BCUT2D eigenvalue weighted by Crippen LogP contribution is 2.37. The molecule has 0 saturated heterocycles. The number of fused-ring (bicyclic) bond motifs is 1. The van der Waals surface area contributed by atoms with Crippen LogP contribution in [0.1, 0.15) is 12.5 Å². The van der Waals surface area contributed by atoms with Gasteiger partial charge in [0.15, 0.2) is 11.5 Å². The van der Waals surface area contributed by atoms with Crippen LogP contribution in [0, 0.1) is 11.3 Å². The molecule has 0 aliphatic carbocycles. The van der Waals surface area contributed by atoms with Crippen LogP contribution in [0.25, 0.3) is 6.08 Å². The van der Waals surface area contributed by atoms with Gasteiger partial charge in [-0.15, -0.1) is 0 Å². The molecule has 1 aromatic carbocycles. The Morgan fingerprint density at radius 2 is 2.29 bits per heavy atom. The van der Waals surface area contributed by atoms with Crippen LogP contribution in [-0.2, 0) is 4.79 Å². The molecular formula is C16H16N2O3. The maximum atomic E-state index is 11.6. The molecule has 108 valence electrons. The van der Waals surface area contributed by atoms with Gasteiger partial charge in [0.05, 0.1) is 7.11 Å². The second kappa shape index (κ2) is 6.14. The van der Waals surface area contributed by atoms with E-state index in [0.29, 0.717) is 11.5 Å². The van der Waals surface area contributed by atoms with Crippen molar-refractivity contribution in [2.45, 2.75) is 13.0 Å². The van der Waals surface area contributed by atoms with Gasteiger partial charge in [0, 0.05) is 12.6 Å². The van der Waals surface area contributed by atoms with Crippen molar-refractivity contribution in [1.29, 1.82) is 5.26 Å². The van der Waals surface area contributed by atoms with Crippen LogP contribution in [-0.4, -0.2) is 26.2 Å². The van der Waals surface area contributed by atoms with Gasteiger partial charge >= 0.3 is 0 Å². The number of benzene rings is 1. The van der Waals surface area contributed by atoms with Crippen molar-refractivity contribution >= 4 is 12.0 Å². The first kappa shape index (κ1) is 14.7.